The highest BCUT2D eigenvalue weighted by atomic mass is 32.1. The molecule has 178 valence electrons. The smallest absolute Gasteiger partial charge is 0.0888 e. The van der Waals surface area contributed by atoms with Crippen molar-refractivity contribution in [3.05, 3.63) is 134 Å². The van der Waals surface area contributed by atoms with Crippen LogP contribution in [0.2, 0.25) is 0 Å². The third-order valence-corrected chi connectivity index (χ3v) is 8.62. The fourth-order valence-corrected chi connectivity index (χ4v) is 6.94. The lowest BCUT2D eigenvalue weighted by molar-refractivity contribution is 1.18. The highest BCUT2D eigenvalue weighted by Gasteiger charge is 2.16. The Kier molecular flexibility index (Phi) is 4.73. The molecule has 0 aliphatic heterocycles. The van der Waals surface area contributed by atoms with E-state index in [1.54, 1.807) is 0 Å². The first-order valence-electron chi connectivity index (χ1n) is 12.8. The van der Waals surface area contributed by atoms with Gasteiger partial charge in [-0.1, -0.05) is 84.9 Å². The molecule has 0 atom stereocenters. The fourth-order valence-electron chi connectivity index (χ4n) is 5.74. The molecule has 8 rings (SSSR count). The standard InChI is InChI=1S/C35H22N2S/c1-2-10-23(11-3-1)24-20-25(27-14-8-15-30-34-33(38-35(27)30)18-9-19-36-34)22-26(21-24)37-31-16-6-4-12-28(31)29-13-5-7-17-32(29)37/h1-22H. The van der Waals surface area contributed by atoms with Gasteiger partial charge < -0.3 is 4.57 Å². The van der Waals surface area contributed by atoms with Crippen molar-refractivity contribution in [2.45, 2.75) is 0 Å². The van der Waals surface area contributed by atoms with Gasteiger partial charge in [0.25, 0.3) is 0 Å². The zero-order valence-corrected chi connectivity index (χ0v) is 21.3. The number of nitrogens with zero attached hydrogens (tertiary/aromatic N) is 2. The molecule has 0 N–H and O–H groups in total. The summed E-state index contributed by atoms with van der Waals surface area (Å²) < 4.78 is 4.91. The van der Waals surface area contributed by atoms with Crippen LogP contribution in [0.15, 0.2) is 134 Å². The molecule has 0 spiro atoms. The van der Waals surface area contributed by atoms with Crippen molar-refractivity contribution in [3.63, 3.8) is 0 Å². The molecule has 0 radical (unpaired) electrons. The van der Waals surface area contributed by atoms with Gasteiger partial charge in [-0.15, -0.1) is 11.3 Å². The van der Waals surface area contributed by atoms with Crippen LogP contribution in [-0.4, -0.2) is 9.55 Å². The molecule has 0 unspecified atom stereocenters. The second-order valence-corrected chi connectivity index (χ2v) is 10.7. The van der Waals surface area contributed by atoms with Gasteiger partial charge in [0.1, 0.15) is 0 Å². The van der Waals surface area contributed by atoms with Gasteiger partial charge in [-0.25, -0.2) is 0 Å². The molecule has 3 heterocycles. The van der Waals surface area contributed by atoms with Crippen molar-refractivity contribution >= 4 is 53.4 Å². The number of hydrogen-bond acceptors (Lipinski definition) is 2. The summed E-state index contributed by atoms with van der Waals surface area (Å²) in [7, 11) is 0. The maximum atomic E-state index is 4.70. The second kappa shape index (κ2) is 8.41. The molecule has 0 saturated carbocycles. The van der Waals surface area contributed by atoms with E-state index in [0.29, 0.717) is 0 Å². The van der Waals surface area contributed by atoms with Crippen molar-refractivity contribution in [2.24, 2.45) is 0 Å². The van der Waals surface area contributed by atoms with E-state index < -0.39 is 0 Å². The van der Waals surface area contributed by atoms with Crippen molar-refractivity contribution < 1.29 is 0 Å². The van der Waals surface area contributed by atoms with Gasteiger partial charge in [0.2, 0.25) is 0 Å². The third-order valence-electron chi connectivity index (χ3n) is 7.43. The van der Waals surface area contributed by atoms with Crippen molar-refractivity contribution in [1.29, 1.82) is 0 Å². The van der Waals surface area contributed by atoms with Crippen molar-refractivity contribution in [1.82, 2.24) is 9.55 Å². The van der Waals surface area contributed by atoms with Crippen LogP contribution in [0.5, 0.6) is 0 Å². The van der Waals surface area contributed by atoms with Crippen LogP contribution in [0.4, 0.5) is 0 Å². The summed E-state index contributed by atoms with van der Waals surface area (Å²) in [4.78, 5) is 4.70. The summed E-state index contributed by atoms with van der Waals surface area (Å²) in [5.74, 6) is 0. The van der Waals surface area contributed by atoms with E-state index in [-0.39, 0.29) is 0 Å². The highest BCUT2D eigenvalue weighted by Crippen LogP contribution is 2.41. The number of hydrogen-bond donors (Lipinski definition) is 0. The van der Waals surface area contributed by atoms with Crippen LogP contribution in [0, 0.1) is 0 Å². The minimum atomic E-state index is 1.08. The molecule has 8 aromatic rings. The number of rotatable bonds is 3. The van der Waals surface area contributed by atoms with Crippen LogP contribution in [0.3, 0.4) is 0 Å². The predicted molar refractivity (Wildman–Crippen MR) is 162 cm³/mol. The average Bonchev–Trinajstić information content (AvgIpc) is 3.53. The molecular formula is C35H22N2S. The van der Waals surface area contributed by atoms with E-state index in [1.807, 2.05) is 23.6 Å². The Morgan fingerprint density at radius 3 is 2.00 bits per heavy atom. The Morgan fingerprint density at radius 2 is 1.21 bits per heavy atom. The zero-order valence-electron chi connectivity index (χ0n) is 20.5. The van der Waals surface area contributed by atoms with E-state index >= 15 is 0 Å². The van der Waals surface area contributed by atoms with Gasteiger partial charge in [-0.3, -0.25) is 4.98 Å². The SMILES string of the molecule is c1ccc(-c2cc(-c3cccc4c3sc3cccnc34)cc(-n3c4ccccc4c4ccccc43)c2)cc1. The predicted octanol–water partition coefficient (Wildman–Crippen LogP) is 9.88. The van der Waals surface area contributed by atoms with Crippen LogP contribution < -0.4 is 0 Å². The molecular weight excluding hydrogens is 480 g/mol. The lowest BCUT2D eigenvalue weighted by Gasteiger charge is -2.14. The molecule has 0 aliphatic rings. The first kappa shape index (κ1) is 21.4. The summed E-state index contributed by atoms with van der Waals surface area (Å²) in [6, 6.07) is 45.9. The molecule has 0 amide bonds. The minimum absolute atomic E-state index is 1.08. The molecule has 3 heteroatoms. The van der Waals surface area contributed by atoms with E-state index in [1.165, 1.54) is 58.8 Å². The number of pyridine rings is 1. The molecule has 0 bridgehead atoms. The van der Waals surface area contributed by atoms with Crippen molar-refractivity contribution in [2.75, 3.05) is 0 Å². The largest absolute Gasteiger partial charge is 0.309 e. The van der Waals surface area contributed by atoms with Crippen LogP contribution in [0.25, 0.3) is 70.0 Å². The third kappa shape index (κ3) is 3.22. The van der Waals surface area contributed by atoms with Crippen LogP contribution in [-0.2, 0) is 0 Å². The minimum Gasteiger partial charge on any atom is -0.309 e. The maximum Gasteiger partial charge on any atom is 0.0888 e. The zero-order chi connectivity index (χ0) is 25.1. The first-order chi connectivity index (χ1) is 18.8. The molecule has 2 nitrogen and oxygen atoms in total. The van der Waals surface area contributed by atoms with Gasteiger partial charge in [0, 0.05) is 32.7 Å². The Hall–Kier alpha value is -4.73. The van der Waals surface area contributed by atoms with Gasteiger partial charge in [-0.05, 0) is 64.7 Å². The van der Waals surface area contributed by atoms with Crippen LogP contribution >= 0.6 is 11.3 Å². The van der Waals surface area contributed by atoms with E-state index in [0.717, 1.165) is 11.2 Å². The summed E-state index contributed by atoms with van der Waals surface area (Å²) in [6.45, 7) is 0. The number of para-hydroxylation sites is 2. The number of thiophene rings is 1. The van der Waals surface area contributed by atoms with E-state index in [2.05, 4.69) is 126 Å². The monoisotopic (exact) mass is 502 g/mol. The van der Waals surface area contributed by atoms with Gasteiger partial charge in [0.05, 0.1) is 21.3 Å². The lowest BCUT2D eigenvalue weighted by Crippen LogP contribution is -1.96. The van der Waals surface area contributed by atoms with Gasteiger partial charge >= 0.3 is 0 Å². The normalized spacial score (nSPS) is 11.7. The Morgan fingerprint density at radius 1 is 0.526 bits per heavy atom. The Labute approximate surface area is 224 Å². The number of aromatic nitrogens is 2. The topological polar surface area (TPSA) is 17.8 Å². The molecule has 0 aliphatic carbocycles. The highest BCUT2D eigenvalue weighted by molar-refractivity contribution is 7.26. The van der Waals surface area contributed by atoms with Gasteiger partial charge in [0.15, 0.2) is 0 Å². The molecule has 3 aromatic heterocycles. The number of benzene rings is 5. The summed E-state index contributed by atoms with van der Waals surface area (Å²) >= 11 is 1.82. The molecule has 38 heavy (non-hydrogen) atoms. The quantitative estimate of drug-likeness (QED) is 0.235. The summed E-state index contributed by atoms with van der Waals surface area (Å²) in [6.07, 6.45) is 1.89. The van der Waals surface area contributed by atoms with E-state index in [4.69, 9.17) is 4.98 Å². The average molecular weight is 503 g/mol. The number of fused-ring (bicyclic) bond motifs is 6. The Balaban J connectivity index is 1.47. The molecule has 0 fully saturated rings. The fraction of sp³-hybridized carbons (Fsp3) is 0. The van der Waals surface area contributed by atoms with Crippen LogP contribution in [0.1, 0.15) is 0 Å². The Bertz CT molecular complexity index is 2080. The molecule has 0 saturated heterocycles. The van der Waals surface area contributed by atoms with Gasteiger partial charge in [-0.2, -0.15) is 0 Å². The second-order valence-electron chi connectivity index (χ2n) is 9.64. The first-order valence-corrected chi connectivity index (χ1v) is 13.6. The molecule has 5 aromatic carbocycles. The summed E-state index contributed by atoms with van der Waals surface area (Å²) in [5.41, 5.74) is 9.54. The lowest BCUT2D eigenvalue weighted by atomic mass is 9.97. The summed E-state index contributed by atoms with van der Waals surface area (Å²) in [5, 5.41) is 3.76. The maximum absolute atomic E-state index is 4.70. The van der Waals surface area contributed by atoms with E-state index in [9.17, 15) is 0 Å². The van der Waals surface area contributed by atoms with Crippen molar-refractivity contribution in [3.8, 4) is 27.9 Å².